The number of anilines is 1. The van der Waals surface area contributed by atoms with Crippen LogP contribution >= 0.6 is 0 Å². The molecule has 0 unspecified atom stereocenters. The van der Waals surface area contributed by atoms with Crippen LogP contribution in [0, 0.1) is 11.3 Å². The highest BCUT2D eigenvalue weighted by molar-refractivity contribution is 5.41. The zero-order chi connectivity index (χ0) is 12.7. The highest BCUT2D eigenvalue weighted by Gasteiger charge is 2.06. The maximum Gasteiger partial charge on any atom is 0.142 e. The molecule has 0 spiro atoms. The summed E-state index contributed by atoms with van der Waals surface area (Å²) >= 11 is 0. The predicted octanol–water partition coefficient (Wildman–Crippen LogP) is 1.73. The van der Waals surface area contributed by atoms with Gasteiger partial charge in [-0.2, -0.15) is 5.26 Å². The second-order valence-electron chi connectivity index (χ2n) is 4.23. The highest BCUT2D eigenvalue weighted by atomic mass is 15.2. The molecule has 1 aromatic rings. The van der Waals surface area contributed by atoms with E-state index in [-0.39, 0.29) is 0 Å². The summed E-state index contributed by atoms with van der Waals surface area (Å²) in [6.45, 7) is 5.05. The molecule has 0 radical (unpaired) electrons. The Balaban J connectivity index is 2.63. The summed E-state index contributed by atoms with van der Waals surface area (Å²) in [5.74, 6) is 0.894. The van der Waals surface area contributed by atoms with Crippen molar-refractivity contribution in [2.45, 2.75) is 13.3 Å². The SMILES string of the molecule is CCN(CCCN(C)C)c1cccc(C#N)n1. The fraction of sp³-hybridized carbons (Fsp3) is 0.538. The number of nitrogens with zero attached hydrogens (tertiary/aromatic N) is 4. The van der Waals surface area contributed by atoms with E-state index >= 15 is 0 Å². The van der Waals surface area contributed by atoms with E-state index in [2.05, 4.69) is 41.9 Å². The summed E-state index contributed by atoms with van der Waals surface area (Å²) in [4.78, 5) is 8.68. The number of rotatable bonds is 6. The van der Waals surface area contributed by atoms with Gasteiger partial charge in [0.2, 0.25) is 0 Å². The fourth-order valence-electron chi connectivity index (χ4n) is 1.67. The zero-order valence-corrected chi connectivity index (χ0v) is 10.8. The van der Waals surface area contributed by atoms with Crippen molar-refractivity contribution in [3.63, 3.8) is 0 Å². The molecule has 1 aromatic heterocycles. The van der Waals surface area contributed by atoms with Crippen molar-refractivity contribution < 1.29 is 0 Å². The van der Waals surface area contributed by atoms with E-state index in [0.717, 1.165) is 31.9 Å². The number of hydrogen-bond acceptors (Lipinski definition) is 4. The minimum atomic E-state index is 0.480. The Kier molecular flexibility index (Phi) is 5.44. The Morgan fingerprint density at radius 3 is 2.65 bits per heavy atom. The molecular formula is C13H20N4. The van der Waals surface area contributed by atoms with Crippen LogP contribution < -0.4 is 4.90 Å². The van der Waals surface area contributed by atoms with Crippen LogP contribution in [0.4, 0.5) is 5.82 Å². The largest absolute Gasteiger partial charge is 0.357 e. The third-order valence-electron chi connectivity index (χ3n) is 2.59. The van der Waals surface area contributed by atoms with E-state index in [1.165, 1.54) is 0 Å². The van der Waals surface area contributed by atoms with Gasteiger partial charge >= 0.3 is 0 Å². The van der Waals surface area contributed by atoms with Crippen LogP contribution in [0.25, 0.3) is 0 Å². The maximum absolute atomic E-state index is 8.83. The molecule has 0 aliphatic rings. The summed E-state index contributed by atoms with van der Waals surface area (Å²) in [6, 6.07) is 7.65. The Hall–Kier alpha value is -1.60. The molecule has 4 nitrogen and oxygen atoms in total. The first-order valence-electron chi connectivity index (χ1n) is 5.94. The molecule has 0 aliphatic heterocycles. The summed E-state index contributed by atoms with van der Waals surface area (Å²) in [7, 11) is 4.15. The van der Waals surface area contributed by atoms with E-state index in [1.54, 1.807) is 6.07 Å². The standard InChI is InChI=1S/C13H20N4/c1-4-17(10-6-9-16(2)3)13-8-5-7-12(11-14)15-13/h5,7-8H,4,6,9-10H2,1-3H3. The van der Waals surface area contributed by atoms with E-state index in [4.69, 9.17) is 5.26 Å². The van der Waals surface area contributed by atoms with Crippen molar-refractivity contribution in [1.29, 1.82) is 5.26 Å². The van der Waals surface area contributed by atoms with Gasteiger partial charge in [0.25, 0.3) is 0 Å². The van der Waals surface area contributed by atoms with Gasteiger partial charge in [-0.1, -0.05) is 6.07 Å². The van der Waals surface area contributed by atoms with Crippen molar-refractivity contribution in [1.82, 2.24) is 9.88 Å². The van der Waals surface area contributed by atoms with Gasteiger partial charge in [0.05, 0.1) is 0 Å². The number of nitriles is 1. The first kappa shape index (κ1) is 13.5. The summed E-state index contributed by atoms with van der Waals surface area (Å²) in [6.07, 6.45) is 1.10. The molecular weight excluding hydrogens is 212 g/mol. The average molecular weight is 232 g/mol. The third-order valence-corrected chi connectivity index (χ3v) is 2.59. The molecule has 0 aliphatic carbocycles. The molecule has 0 N–H and O–H groups in total. The Labute approximate surface area is 103 Å². The van der Waals surface area contributed by atoms with Gasteiger partial charge in [0.1, 0.15) is 17.6 Å². The second kappa shape index (κ2) is 6.87. The molecule has 4 heteroatoms. The van der Waals surface area contributed by atoms with E-state index in [0.29, 0.717) is 5.69 Å². The predicted molar refractivity (Wildman–Crippen MR) is 70.0 cm³/mol. The summed E-state index contributed by atoms with van der Waals surface area (Å²) in [5, 5.41) is 8.83. The lowest BCUT2D eigenvalue weighted by Crippen LogP contribution is -2.27. The van der Waals surface area contributed by atoms with Gasteiger partial charge in [-0.3, -0.25) is 0 Å². The van der Waals surface area contributed by atoms with Crippen LogP contribution in [0.2, 0.25) is 0 Å². The van der Waals surface area contributed by atoms with Crippen LogP contribution in [0.1, 0.15) is 19.0 Å². The lowest BCUT2D eigenvalue weighted by atomic mass is 10.3. The third kappa shape index (κ3) is 4.41. The van der Waals surface area contributed by atoms with Crippen LogP contribution in [0.15, 0.2) is 18.2 Å². The quantitative estimate of drug-likeness (QED) is 0.749. The van der Waals surface area contributed by atoms with E-state index in [1.807, 2.05) is 12.1 Å². The molecule has 1 heterocycles. The molecule has 0 fully saturated rings. The molecule has 0 atom stereocenters. The Morgan fingerprint density at radius 2 is 2.06 bits per heavy atom. The van der Waals surface area contributed by atoms with Crippen LogP contribution in [0.3, 0.4) is 0 Å². The van der Waals surface area contributed by atoms with Gasteiger partial charge < -0.3 is 9.80 Å². The van der Waals surface area contributed by atoms with Crippen molar-refractivity contribution in [3.8, 4) is 6.07 Å². The van der Waals surface area contributed by atoms with Crippen molar-refractivity contribution in [3.05, 3.63) is 23.9 Å². The van der Waals surface area contributed by atoms with Crippen molar-refractivity contribution in [2.75, 3.05) is 38.6 Å². The number of pyridine rings is 1. The molecule has 0 saturated carbocycles. The van der Waals surface area contributed by atoms with Crippen molar-refractivity contribution in [2.24, 2.45) is 0 Å². The second-order valence-corrected chi connectivity index (χ2v) is 4.23. The molecule has 1 rings (SSSR count). The smallest absolute Gasteiger partial charge is 0.142 e. The Morgan fingerprint density at radius 1 is 1.29 bits per heavy atom. The lowest BCUT2D eigenvalue weighted by Gasteiger charge is -2.22. The normalized spacial score (nSPS) is 10.3. The average Bonchev–Trinajstić information content (AvgIpc) is 2.34. The van der Waals surface area contributed by atoms with E-state index < -0.39 is 0 Å². The molecule has 17 heavy (non-hydrogen) atoms. The van der Waals surface area contributed by atoms with Crippen molar-refractivity contribution >= 4 is 5.82 Å². The highest BCUT2D eigenvalue weighted by Crippen LogP contribution is 2.11. The molecule has 0 aromatic carbocycles. The fourth-order valence-corrected chi connectivity index (χ4v) is 1.67. The number of aromatic nitrogens is 1. The zero-order valence-electron chi connectivity index (χ0n) is 10.8. The van der Waals surface area contributed by atoms with Gasteiger partial charge in [0, 0.05) is 13.1 Å². The van der Waals surface area contributed by atoms with Gasteiger partial charge in [-0.05, 0) is 46.1 Å². The summed E-state index contributed by atoms with van der Waals surface area (Å²) < 4.78 is 0. The van der Waals surface area contributed by atoms with Crippen LogP contribution in [-0.2, 0) is 0 Å². The van der Waals surface area contributed by atoms with E-state index in [9.17, 15) is 0 Å². The lowest BCUT2D eigenvalue weighted by molar-refractivity contribution is 0.400. The first-order valence-corrected chi connectivity index (χ1v) is 5.94. The first-order chi connectivity index (χ1) is 8.17. The van der Waals surface area contributed by atoms with Gasteiger partial charge in [-0.25, -0.2) is 4.98 Å². The Bertz CT molecular complexity index is 381. The molecule has 0 bridgehead atoms. The van der Waals surface area contributed by atoms with Gasteiger partial charge in [-0.15, -0.1) is 0 Å². The molecule has 0 amide bonds. The van der Waals surface area contributed by atoms with Gasteiger partial charge in [0.15, 0.2) is 0 Å². The topological polar surface area (TPSA) is 43.2 Å². The minimum Gasteiger partial charge on any atom is -0.357 e. The van der Waals surface area contributed by atoms with Crippen LogP contribution in [0.5, 0.6) is 0 Å². The maximum atomic E-state index is 8.83. The molecule has 0 saturated heterocycles. The summed E-state index contributed by atoms with van der Waals surface area (Å²) in [5.41, 5.74) is 0.480. The molecule has 92 valence electrons. The minimum absolute atomic E-state index is 0.480. The number of hydrogen-bond donors (Lipinski definition) is 0. The monoisotopic (exact) mass is 232 g/mol. The van der Waals surface area contributed by atoms with Crippen LogP contribution in [-0.4, -0.2) is 43.6 Å².